The second-order valence-electron chi connectivity index (χ2n) is 6.85. The van der Waals surface area contributed by atoms with Gasteiger partial charge in [-0.25, -0.2) is 0 Å². The fourth-order valence-corrected chi connectivity index (χ4v) is 3.29. The molecule has 2 aromatic carbocycles. The number of hydrogen-bond acceptors (Lipinski definition) is 4. The van der Waals surface area contributed by atoms with E-state index in [9.17, 15) is 0 Å². The van der Waals surface area contributed by atoms with E-state index >= 15 is 0 Å². The van der Waals surface area contributed by atoms with Crippen LogP contribution in [0.1, 0.15) is 29.6 Å². The van der Waals surface area contributed by atoms with E-state index < -0.39 is 0 Å². The summed E-state index contributed by atoms with van der Waals surface area (Å²) >= 11 is 0. The maximum atomic E-state index is 6.19. The minimum absolute atomic E-state index is 0.123. The van der Waals surface area contributed by atoms with Gasteiger partial charge >= 0.3 is 0 Å². The number of nitrogens with zero attached hydrogens (tertiary/aromatic N) is 2. The lowest BCUT2D eigenvalue weighted by atomic mass is 10.0. The number of aliphatic imine (C=N–C) groups is 1. The first-order valence-electron chi connectivity index (χ1n) is 9.17. The van der Waals surface area contributed by atoms with Crippen molar-refractivity contribution < 1.29 is 9.47 Å². The summed E-state index contributed by atoms with van der Waals surface area (Å²) in [4.78, 5) is 6.74. The van der Waals surface area contributed by atoms with Crippen molar-refractivity contribution in [3.05, 3.63) is 59.7 Å². The van der Waals surface area contributed by atoms with Crippen molar-refractivity contribution in [3.8, 4) is 11.5 Å². The van der Waals surface area contributed by atoms with Crippen LogP contribution in [0.4, 0.5) is 0 Å². The normalized spacial score (nSPS) is 17.8. The molecule has 0 fully saturated rings. The van der Waals surface area contributed by atoms with Crippen LogP contribution in [-0.4, -0.2) is 45.2 Å². The number of fused-ring (bicyclic) bond motifs is 1. The van der Waals surface area contributed by atoms with Gasteiger partial charge in [0.25, 0.3) is 0 Å². The molecule has 3 N–H and O–H groups in total. The highest BCUT2D eigenvalue weighted by atomic mass is 16.5. The Morgan fingerprint density at radius 3 is 2.70 bits per heavy atom. The van der Waals surface area contributed by atoms with Crippen molar-refractivity contribution in [2.24, 2.45) is 10.7 Å². The van der Waals surface area contributed by atoms with Crippen molar-refractivity contribution in [1.29, 1.82) is 0 Å². The molecular weight excluding hydrogens is 340 g/mol. The van der Waals surface area contributed by atoms with Crippen LogP contribution in [-0.2, 0) is 0 Å². The summed E-state index contributed by atoms with van der Waals surface area (Å²) in [6, 6.07) is 16.4. The van der Waals surface area contributed by atoms with Crippen LogP contribution < -0.4 is 20.5 Å². The van der Waals surface area contributed by atoms with Gasteiger partial charge in [0.15, 0.2) is 5.96 Å². The Bertz CT molecular complexity index is 774. The van der Waals surface area contributed by atoms with Gasteiger partial charge in [0.1, 0.15) is 11.5 Å². The molecule has 2 aromatic rings. The number of rotatable bonds is 6. The maximum absolute atomic E-state index is 6.19. The number of nitrogens with two attached hydrogens (primary N) is 1. The van der Waals surface area contributed by atoms with Crippen molar-refractivity contribution in [2.45, 2.75) is 18.5 Å². The van der Waals surface area contributed by atoms with E-state index in [0.29, 0.717) is 19.1 Å². The van der Waals surface area contributed by atoms with E-state index in [0.717, 1.165) is 23.5 Å². The molecule has 1 aliphatic rings. The summed E-state index contributed by atoms with van der Waals surface area (Å²) in [5, 5.41) is 3.35. The first-order chi connectivity index (χ1) is 13.1. The van der Waals surface area contributed by atoms with Gasteiger partial charge in [-0.3, -0.25) is 4.99 Å². The number of para-hydroxylation sites is 1. The number of guanidine groups is 1. The number of likely N-dealkylation sites (N-methyl/N-ethyl adjacent to an activating group) is 1. The molecule has 0 amide bonds. The molecule has 0 saturated carbocycles. The zero-order chi connectivity index (χ0) is 19.2. The predicted octanol–water partition coefficient (Wildman–Crippen LogP) is 2.73. The second kappa shape index (κ2) is 8.77. The lowest BCUT2D eigenvalue weighted by Gasteiger charge is -2.27. The van der Waals surface area contributed by atoms with Crippen molar-refractivity contribution in [2.75, 3.05) is 34.4 Å². The number of hydrogen-bond donors (Lipinski definition) is 2. The van der Waals surface area contributed by atoms with Crippen molar-refractivity contribution >= 4 is 5.96 Å². The van der Waals surface area contributed by atoms with Gasteiger partial charge < -0.3 is 25.4 Å². The molecule has 6 nitrogen and oxygen atoms in total. The SMILES string of the molecule is COc1ccc(C(CN=C(N)NC2CCOc3ccccc32)N(C)C)cc1. The molecule has 0 aliphatic carbocycles. The molecule has 0 saturated heterocycles. The summed E-state index contributed by atoms with van der Waals surface area (Å²) in [5.74, 6) is 2.22. The lowest BCUT2D eigenvalue weighted by Crippen LogP contribution is -2.38. The Balaban J connectivity index is 1.68. The molecule has 2 unspecified atom stereocenters. The topological polar surface area (TPSA) is 72.1 Å². The van der Waals surface area contributed by atoms with Crippen molar-refractivity contribution in [1.82, 2.24) is 10.2 Å². The third kappa shape index (κ3) is 4.71. The summed E-state index contributed by atoms with van der Waals surface area (Å²) in [7, 11) is 5.76. The minimum Gasteiger partial charge on any atom is -0.497 e. The van der Waals surface area contributed by atoms with Gasteiger partial charge in [0.2, 0.25) is 0 Å². The van der Waals surface area contributed by atoms with Gasteiger partial charge in [-0.1, -0.05) is 30.3 Å². The second-order valence-corrected chi connectivity index (χ2v) is 6.85. The standard InChI is InChI=1S/C21H28N4O2/c1-25(2)19(15-8-10-16(26-3)11-9-15)14-23-21(22)24-18-12-13-27-20-7-5-4-6-17(18)20/h4-11,18-19H,12-14H2,1-3H3,(H3,22,23,24). The highest BCUT2D eigenvalue weighted by Crippen LogP contribution is 2.31. The summed E-state index contributed by atoms with van der Waals surface area (Å²) in [6.07, 6.45) is 0.864. The third-order valence-corrected chi connectivity index (χ3v) is 4.84. The number of nitrogens with one attached hydrogen (secondary N) is 1. The average molecular weight is 368 g/mol. The van der Waals surface area contributed by atoms with E-state index in [-0.39, 0.29) is 12.1 Å². The molecule has 3 rings (SSSR count). The van der Waals surface area contributed by atoms with Crippen LogP contribution in [0.2, 0.25) is 0 Å². The summed E-state index contributed by atoms with van der Waals surface area (Å²) in [6.45, 7) is 1.25. The highest BCUT2D eigenvalue weighted by molar-refractivity contribution is 5.78. The molecule has 1 heterocycles. The smallest absolute Gasteiger partial charge is 0.189 e. The fourth-order valence-electron chi connectivity index (χ4n) is 3.29. The first kappa shape index (κ1) is 19.0. The monoisotopic (exact) mass is 368 g/mol. The number of benzene rings is 2. The number of ether oxygens (including phenoxy) is 2. The van der Waals surface area contributed by atoms with Gasteiger partial charge in [-0.05, 0) is 37.9 Å². The molecule has 2 atom stereocenters. The predicted molar refractivity (Wildman–Crippen MR) is 108 cm³/mol. The summed E-state index contributed by atoms with van der Waals surface area (Å²) in [5.41, 5.74) is 8.49. The molecule has 1 aliphatic heterocycles. The van der Waals surface area contributed by atoms with Crippen LogP contribution in [0.15, 0.2) is 53.5 Å². The van der Waals surface area contributed by atoms with E-state index in [1.54, 1.807) is 7.11 Å². The number of methoxy groups -OCH3 is 1. The molecule has 0 bridgehead atoms. The lowest BCUT2D eigenvalue weighted by molar-refractivity contribution is 0.262. The molecule has 0 radical (unpaired) electrons. The van der Waals surface area contributed by atoms with E-state index in [1.165, 1.54) is 5.56 Å². The zero-order valence-corrected chi connectivity index (χ0v) is 16.2. The van der Waals surface area contributed by atoms with Crippen LogP contribution in [0.5, 0.6) is 11.5 Å². The third-order valence-electron chi connectivity index (χ3n) is 4.84. The average Bonchev–Trinajstić information content (AvgIpc) is 2.68. The van der Waals surface area contributed by atoms with Gasteiger partial charge in [0.05, 0.1) is 32.3 Å². The Labute approximate surface area is 161 Å². The molecule has 0 spiro atoms. The zero-order valence-electron chi connectivity index (χ0n) is 16.2. The first-order valence-corrected chi connectivity index (χ1v) is 9.17. The summed E-state index contributed by atoms with van der Waals surface area (Å²) < 4.78 is 10.9. The van der Waals surface area contributed by atoms with Crippen LogP contribution in [0, 0.1) is 0 Å². The van der Waals surface area contributed by atoms with E-state index in [4.69, 9.17) is 15.2 Å². The molecule has 144 valence electrons. The quantitative estimate of drug-likeness (QED) is 0.606. The van der Waals surface area contributed by atoms with Gasteiger partial charge in [0, 0.05) is 12.0 Å². The van der Waals surface area contributed by atoms with Crippen molar-refractivity contribution in [3.63, 3.8) is 0 Å². The highest BCUT2D eigenvalue weighted by Gasteiger charge is 2.21. The van der Waals surface area contributed by atoms with Crippen LogP contribution in [0.25, 0.3) is 0 Å². The van der Waals surface area contributed by atoms with Crippen LogP contribution >= 0.6 is 0 Å². The maximum Gasteiger partial charge on any atom is 0.189 e. The largest absolute Gasteiger partial charge is 0.497 e. The molecular formula is C21H28N4O2. The Hall–Kier alpha value is -2.73. The van der Waals surface area contributed by atoms with Crippen LogP contribution in [0.3, 0.4) is 0 Å². The Morgan fingerprint density at radius 2 is 2.00 bits per heavy atom. The van der Waals surface area contributed by atoms with E-state index in [1.807, 2.05) is 44.4 Å². The Kier molecular flexibility index (Phi) is 6.19. The molecule has 0 aromatic heterocycles. The van der Waals surface area contributed by atoms with Gasteiger partial charge in [-0.15, -0.1) is 0 Å². The molecule has 27 heavy (non-hydrogen) atoms. The molecule has 6 heteroatoms. The minimum atomic E-state index is 0.123. The Morgan fingerprint density at radius 1 is 1.26 bits per heavy atom. The fraction of sp³-hybridized carbons (Fsp3) is 0.381. The van der Waals surface area contributed by atoms with Gasteiger partial charge in [-0.2, -0.15) is 0 Å². The van der Waals surface area contributed by atoms with E-state index in [2.05, 4.69) is 33.4 Å².